The van der Waals surface area contributed by atoms with Crippen LogP contribution in [-0.2, 0) is 0 Å². The lowest BCUT2D eigenvalue weighted by Gasteiger charge is -2.15. The summed E-state index contributed by atoms with van der Waals surface area (Å²) in [5.74, 6) is 0.669. The molecule has 5 nitrogen and oxygen atoms in total. The second-order valence-corrected chi connectivity index (χ2v) is 12.9. The Hall–Kier alpha value is -7.37. The molecule has 0 aliphatic carbocycles. The lowest BCUT2D eigenvalue weighted by molar-refractivity contribution is 1.18. The van der Waals surface area contributed by atoms with E-state index in [1.54, 1.807) is 6.20 Å². The Bertz CT molecular complexity index is 2560. The molecule has 0 amide bonds. The van der Waals surface area contributed by atoms with Gasteiger partial charge in [-0.1, -0.05) is 152 Å². The highest BCUT2D eigenvalue weighted by molar-refractivity contribution is 5.91. The van der Waals surface area contributed by atoms with Gasteiger partial charge in [0.25, 0.3) is 0 Å². The zero-order chi connectivity index (χ0) is 36.1. The average Bonchev–Trinajstić information content (AvgIpc) is 3.27. The zero-order valence-corrected chi connectivity index (χ0v) is 29.3. The van der Waals surface area contributed by atoms with E-state index in [0.29, 0.717) is 5.82 Å². The molecule has 0 saturated carbocycles. The van der Waals surface area contributed by atoms with Gasteiger partial charge in [-0.2, -0.15) is 0 Å². The van der Waals surface area contributed by atoms with Gasteiger partial charge in [-0.15, -0.1) is 0 Å². The third-order valence-electron chi connectivity index (χ3n) is 9.45. The van der Waals surface area contributed by atoms with Crippen molar-refractivity contribution in [1.82, 2.24) is 24.9 Å². The second kappa shape index (κ2) is 14.7. The third-order valence-corrected chi connectivity index (χ3v) is 9.45. The van der Waals surface area contributed by atoms with Crippen molar-refractivity contribution >= 4 is 0 Å². The lowest BCUT2D eigenvalue weighted by Crippen LogP contribution is -1.98. The second-order valence-electron chi connectivity index (χ2n) is 12.9. The fourth-order valence-corrected chi connectivity index (χ4v) is 6.77. The van der Waals surface area contributed by atoms with Gasteiger partial charge in [0.1, 0.15) is 0 Å². The molecule has 0 N–H and O–H groups in total. The van der Waals surface area contributed by atoms with Crippen LogP contribution in [0.2, 0.25) is 0 Å². The number of pyridine rings is 3. The molecule has 0 radical (unpaired) electrons. The summed E-state index contributed by atoms with van der Waals surface area (Å²) in [6.45, 7) is 0. The minimum absolute atomic E-state index is 0.669. The van der Waals surface area contributed by atoms with Crippen LogP contribution in [0.4, 0.5) is 0 Å². The maximum atomic E-state index is 5.16. The summed E-state index contributed by atoms with van der Waals surface area (Å²) in [5, 5.41) is 0. The number of rotatable bonds is 8. The minimum Gasteiger partial charge on any atom is -0.255 e. The number of aromatic nitrogens is 5. The monoisotopic (exact) mass is 691 g/mol. The van der Waals surface area contributed by atoms with Gasteiger partial charge in [0.15, 0.2) is 5.82 Å². The van der Waals surface area contributed by atoms with Crippen LogP contribution >= 0.6 is 0 Å². The molecule has 4 aromatic heterocycles. The lowest BCUT2D eigenvalue weighted by atomic mass is 9.92. The van der Waals surface area contributed by atoms with Crippen molar-refractivity contribution in [3.8, 4) is 90.1 Å². The number of benzene rings is 5. The first-order valence-electron chi connectivity index (χ1n) is 17.9. The summed E-state index contributed by atoms with van der Waals surface area (Å²) < 4.78 is 0. The van der Waals surface area contributed by atoms with Crippen molar-refractivity contribution in [2.45, 2.75) is 0 Å². The van der Waals surface area contributed by atoms with Gasteiger partial charge in [0, 0.05) is 34.6 Å². The van der Waals surface area contributed by atoms with Crippen LogP contribution in [0.3, 0.4) is 0 Å². The van der Waals surface area contributed by atoms with Gasteiger partial charge < -0.3 is 0 Å². The van der Waals surface area contributed by atoms with E-state index in [4.69, 9.17) is 19.9 Å². The average molecular weight is 692 g/mol. The Kier molecular flexibility index (Phi) is 8.86. The van der Waals surface area contributed by atoms with Crippen molar-refractivity contribution < 1.29 is 0 Å². The normalized spacial score (nSPS) is 11.0. The largest absolute Gasteiger partial charge is 0.255 e. The van der Waals surface area contributed by atoms with Crippen LogP contribution in [0.25, 0.3) is 90.1 Å². The highest BCUT2D eigenvalue weighted by Crippen LogP contribution is 2.39. The van der Waals surface area contributed by atoms with Gasteiger partial charge in [-0.3, -0.25) is 9.97 Å². The number of nitrogens with zero attached hydrogens (tertiary/aromatic N) is 5. The van der Waals surface area contributed by atoms with E-state index in [0.717, 1.165) is 84.2 Å². The van der Waals surface area contributed by atoms with Crippen LogP contribution in [0.1, 0.15) is 0 Å². The van der Waals surface area contributed by atoms with Gasteiger partial charge in [-0.05, 0) is 64.2 Å². The molecular formula is C49H33N5. The Morgan fingerprint density at radius 3 is 1.31 bits per heavy atom. The molecule has 0 aliphatic heterocycles. The summed E-state index contributed by atoms with van der Waals surface area (Å²) in [7, 11) is 0. The third kappa shape index (κ3) is 6.70. The fraction of sp³-hybridized carbons (Fsp3) is 0. The molecule has 0 saturated heterocycles. The maximum absolute atomic E-state index is 5.16. The van der Waals surface area contributed by atoms with Crippen LogP contribution in [-0.4, -0.2) is 24.9 Å². The predicted octanol–water partition coefficient (Wildman–Crippen LogP) is 12.0. The van der Waals surface area contributed by atoms with Crippen molar-refractivity contribution in [1.29, 1.82) is 0 Å². The molecule has 0 spiro atoms. The van der Waals surface area contributed by atoms with Crippen LogP contribution in [0.15, 0.2) is 200 Å². The summed E-state index contributed by atoms with van der Waals surface area (Å²) >= 11 is 0. The summed E-state index contributed by atoms with van der Waals surface area (Å²) in [5.41, 5.74) is 14.3. The van der Waals surface area contributed by atoms with Crippen LogP contribution < -0.4 is 0 Å². The van der Waals surface area contributed by atoms with Gasteiger partial charge in [0.05, 0.1) is 34.2 Å². The molecular weight excluding hydrogens is 659 g/mol. The van der Waals surface area contributed by atoms with Crippen molar-refractivity contribution in [3.63, 3.8) is 0 Å². The molecule has 5 heteroatoms. The highest BCUT2D eigenvalue weighted by atomic mass is 14.9. The van der Waals surface area contributed by atoms with E-state index < -0.39 is 0 Å². The van der Waals surface area contributed by atoms with E-state index in [2.05, 4.69) is 114 Å². The fourth-order valence-electron chi connectivity index (χ4n) is 6.77. The first-order valence-corrected chi connectivity index (χ1v) is 17.9. The molecule has 0 aliphatic rings. The molecule has 254 valence electrons. The molecule has 9 aromatic rings. The maximum Gasteiger partial charge on any atom is 0.161 e. The standard InChI is InChI=1S/C49H33N5/c1-4-16-34(17-5-1)38-30-47(43-26-14-15-29-50-43)52-48(31-38)44-28-27-37(33-51-44)39-22-10-11-23-40(39)41-24-12-13-25-42(41)49-53-45(35-18-6-2-7-19-35)32-46(54-49)36-20-8-3-9-21-36/h1-33H. The first-order chi connectivity index (χ1) is 26.8. The Morgan fingerprint density at radius 2 is 0.759 bits per heavy atom. The molecule has 0 bridgehead atoms. The topological polar surface area (TPSA) is 64.5 Å². The van der Waals surface area contributed by atoms with Gasteiger partial charge in [-0.25, -0.2) is 15.0 Å². The molecule has 9 rings (SSSR count). The minimum atomic E-state index is 0.669. The Morgan fingerprint density at radius 1 is 0.259 bits per heavy atom. The summed E-state index contributed by atoms with van der Waals surface area (Å²) in [6.07, 6.45) is 3.73. The van der Waals surface area contributed by atoms with E-state index in [-0.39, 0.29) is 0 Å². The first kappa shape index (κ1) is 32.5. The van der Waals surface area contributed by atoms with Crippen molar-refractivity contribution in [2.75, 3.05) is 0 Å². The van der Waals surface area contributed by atoms with E-state index in [1.807, 2.05) is 85.1 Å². The molecule has 0 atom stereocenters. The highest BCUT2D eigenvalue weighted by Gasteiger charge is 2.17. The summed E-state index contributed by atoms with van der Waals surface area (Å²) in [6, 6.07) is 64.0. The number of hydrogen-bond donors (Lipinski definition) is 0. The van der Waals surface area contributed by atoms with Gasteiger partial charge in [0.2, 0.25) is 0 Å². The van der Waals surface area contributed by atoms with Gasteiger partial charge >= 0.3 is 0 Å². The predicted molar refractivity (Wildman–Crippen MR) is 219 cm³/mol. The van der Waals surface area contributed by atoms with Crippen molar-refractivity contribution in [2.24, 2.45) is 0 Å². The summed E-state index contributed by atoms with van der Waals surface area (Å²) in [4.78, 5) is 24.9. The quantitative estimate of drug-likeness (QED) is 0.159. The number of hydrogen-bond acceptors (Lipinski definition) is 5. The Labute approximate surface area is 314 Å². The van der Waals surface area contributed by atoms with Crippen LogP contribution in [0, 0.1) is 0 Å². The van der Waals surface area contributed by atoms with E-state index in [9.17, 15) is 0 Å². The van der Waals surface area contributed by atoms with E-state index in [1.165, 1.54) is 0 Å². The van der Waals surface area contributed by atoms with Crippen LogP contribution in [0.5, 0.6) is 0 Å². The molecule has 4 heterocycles. The van der Waals surface area contributed by atoms with E-state index >= 15 is 0 Å². The SMILES string of the molecule is c1ccc(-c2cc(-c3ccccn3)nc(-c3ccc(-c4ccccc4-c4ccccc4-c4nc(-c5ccccc5)cc(-c5ccccc5)n4)cn3)c2)cc1. The smallest absolute Gasteiger partial charge is 0.161 e. The molecule has 5 aromatic carbocycles. The van der Waals surface area contributed by atoms with Crippen molar-refractivity contribution in [3.05, 3.63) is 200 Å². The zero-order valence-electron chi connectivity index (χ0n) is 29.3. The molecule has 54 heavy (non-hydrogen) atoms. The molecule has 0 fully saturated rings. The Balaban J connectivity index is 1.12. The molecule has 0 unspecified atom stereocenters.